The summed E-state index contributed by atoms with van der Waals surface area (Å²) in [5.41, 5.74) is -0.337. The maximum Gasteiger partial charge on any atom is 0.265 e. The molecule has 0 saturated carbocycles. The van der Waals surface area contributed by atoms with E-state index >= 15 is 0 Å². The lowest BCUT2D eigenvalue weighted by molar-refractivity contribution is 0.0974. The summed E-state index contributed by atoms with van der Waals surface area (Å²) in [4.78, 5) is 11.3. The quantitative estimate of drug-likeness (QED) is 0.704. The SMILES string of the molecule is CCC(=O)c1cccc(Cl)c1C(F)F. The molecule has 0 N–H and O–H groups in total. The van der Waals surface area contributed by atoms with Crippen molar-refractivity contribution < 1.29 is 13.6 Å². The zero-order valence-electron chi connectivity index (χ0n) is 7.56. The van der Waals surface area contributed by atoms with E-state index in [0.717, 1.165) is 0 Å². The van der Waals surface area contributed by atoms with Crippen LogP contribution in [0.2, 0.25) is 5.02 Å². The van der Waals surface area contributed by atoms with Crippen molar-refractivity contribution in [2.75, 3.05) is 0 Å². The lowest BCUT2D eigenvalue weighted by atomic mass is 10.0. The van der Waals surface area contributed by atoms with Crippen LogP contribution >= 0.6 is 11.6 Å². The second kappa shape index (κ2) is 4.51. The Balaban J connectivity index is 3.28. The number of alkyl halides is 2. The normalized spacial score (nSPS) is 10.6. The Kier molecular flexibility index (Phi) is 3.58. The number of hydrogen-bond donors (Lipinski definition) is 0. The van der Waals surface area contributed by atoms with Crippen molar-refractivity contribution in [1.82, 2.24) is 0 Å². The highest BCUT2D eigenvalue weighted by atomic mass is 35.5. The van der Waals surface area contributed by atoms with Crippen LogP contribution in [0.3, 0.4) is 0 Å². The number of hydrogen-bond acceptors (Lipinski definition) is 1. The molecular weight excluding hydrogens is 210 g/mol. The molecule has 0 spiro atoms. The predicted octanol–water partition coefficient (Wildman–Crippen LogP) is 3.87. The highest BCUT2D eigenvalue weighted by Crippen LogP contribution is 2.30. The molecule has 0 unspecified atom stereocenters. The average Bonchev–Trinajstić information content (AvgIpc) is 2.15. The molecular formula is C10H9ClF2O. The van der Waals surface area contributed by atoms with Crippen molar-refractivity contribution in [3.63, 3.8) is 0 Å². The van der Waals surface area contributed by atoms with Gasteiger partial charge >= 0.3 is 0 Å². The van der Waals surface area contributed by atoms with Crippen LogP contribution < -0.4 is 0 Å². The summed E-state index contributed by atoms with van der Waals surface area (Å²) in [5.74, 6) is -0.317. The second-order valence-corrected chi connectivity index (χ2v) is 3.19. The van der Waals surface area contributed by atoms with E-state index in [-0.39, 0.29) is 28.4 Å². The highest BCUT2D eigenvalue weighted by Gasteiger charge is 2.19. The van der Waals surface area contributed by atoms with Gasteiger partial charge in [-0.15, -0.1) is 0 Å². The number of benzene rings is 1. The molecule has 0 bridgehead atoms. The van der Waals surface area contributed by atoms with Crippen molar-refractivity contribution in [3.8, 4) is 0 Å². The maximum atomic E-state index is 12.5. The molecule has 1 aromatic carbocycles. The summed E-state index contributed by atoms with van der Waals surface area (Å²) in [7, 11) is 0. The van der Waals surface area contributed by atoms with Gasteiger partial charge in [0.15, 0.2) is 5.78 Å². The van der Waals surface area contributed by atoms with E-state index in [1.54, 1.807) is 6.92 Å². The predicted molar refractivity (Wildman–Crippen MR) is 51.0 cm³/mol. The number of rotatable bonds is 3. The summed E-state index contributed by atoms with van der Waals surface area (Å²) in [5, 5.41) is -0.0562. The highest BCUT2D eigenvalue weighted by molar-refractivity contribution is 6.32. The van der Waals surface area contributed by atoms with E-state index in [4.69, 9.17) is 11.6 Å². The number of halogens is 3. The third-order valence-electron chi connectivity index (χ3n) is 1.89. The summed E-state index contributed by atoms with van der Waals surface area (Å²) in [6, 6.07) is 4.23. The van der Waals surface area contributed by atoms with Crippen LogP contribution in [0.4, 0.5) is 8.78 Å². The summed E-state index contributed by atoms with van der Waals surface area (Å²) in [6.45, 7) is 1.62. The number of carbonyl (C=O) groups is 1. The molecule has 0 aliphatic rings. The van der Waals surface area contributed by atoms with Gasteiger partial charge in [0.2, 0.25) is 0 Å². The van der Waals surface area contributed by atoms with Gasteiger partial charge < -0.3 is 0 Å². The zero-order valence-corrected chi connectivity index (χ0v) is 8.31. The first kappa shape index (κ1) is 11.1. The Hall–Kier alpha value is -0.960. The zero-order chi connectivity index (χ0) is 10.7. The Morgan fingerprint density at radius 2 is 2.14 bits per heavy atom. The topological polar surface area (TPSA) is 17.1 Å². The van der Waals surface area contributed by atoms with E-state index in [9.17, 15) is 13.6 Å². The van der Waals surface area contributed by atoms with Crippen molar-refractivity contribution >= 4 is 17.4 Å². The van der Waals surface area contributed by atoms with Crippen LogP contribution in [0.25, 0.3) is 0 Å². The van der Waals surface area contributed by atoms with E-state index in [1.807, 2.05) is 0 Å². The van der Waals surface area contributed by atoms with Gasteiger partial charge in [-0.2, -0.15) is 0 Å². The lowest BCUT2D eigenvalue weighted by Crippen LogP contribution is -2.03. The van der Waals surface area contributed by atoms with Gasteiger partial charge in [-0.1, -0.05) is 30.7 Å². The number of carbonyl (C=O) groups excluding carboxylic acids is 1. The molecule has 0 radical (unpaired) electrons. The monoisotopic (exact) mass is 218 g/mol. The largest absolute Gasteiger partial charge is 0.294 e. The average molecular weight is 219 g/mol. The molecule has 0 saturated heterocycles. The van der Waals surface area contributed by atoms with Crippen LogP contribution in [0.15, 0.2) is 18.2 Å². The molecule has 0 amide bonds. The van der Waals surface area contributed by atoms with Gasteiger partial charge in [-0.05, 0) is 6.07 Å². The molecule has 1 aromatic rings. The maximum absolute atomic E-state index is 12.5. The van der Waals surface area contributed by atoms with Gasteiger partial charge in [-0.25, -0.2) is 8.78 Å². The van der Waals surface area contributed by atoms with Crippen molar-refractivity contribution in [2.45, 2.75) is 19.8 Å². The smallest absolute Gasteiger partial charge is 0.265 e. The summed E-state index contributed by atoms with van der Waals surface area (Å²) in [6.07, 6.45) is -2.52. The van der Waals surface area contributed by atoms with Crippen LogP contribution in [-0.4, -0.2) is 5.78 Å². The third kappa shape index (κ3) is 2.10. The van der Waals surface area contributed by atoms with E-state index in [0.29, 0.717) is 0 Å². The molecule has 1 nitrogen and oxygen atoms in total. The third-order valence-corrected chi connectivity index (χ3v) is 2.22. The Morgan fingerprint density at radius 1 is 1.50 bits per heavy atom. The second-order valence-electron chi connectivity index (χ2n) is 2.78. The fraction of sp³-hybridized carbons (Fsp3) is 0.300. The van der Waals surface area contributed by atoms with Crippen molar-refractivity contribution in [2.24, 2.45) is 0 Å². The Morgan fingerprint density at radius 3 is 2.64 bits per heavy atom. The lowest BCUT2D eigenvalue weighted by Gasteiger charge is -2.08. The molecule has 4 heteroatoms. The number of Topliss-reactive ketones (excluding diaryl/α,β-unsaturated/α-hetero) is 1. The molecule has 1 rings (SSSR count). The first-order valence-corrected chi connectivity index (χ1v) is 4.55. The van der Waals surface area contributed by atoms with Crippen molar-refractivity contribution in [3.05, 3.63) is 34.3 Å². The Labute approximate surface area is 85.7 Å². The molecule has 0 fully saturated rings. The molecule has 0 aliphatic heterocycles. The van der Waals surface area contributed by atoms with E-state index < -0.39 is 6.43 Å². The molecule has 0 heterocycles. The van der Waals surface area contributed by atoms with Gasteiger partial charge in [0.1, 0.15) is 0 Å². The van der Waals surface area contributed by atoms with Crippen LogP contribution in [-0.2, 0) is 0 Å². The van der Waals surface area contributed by atoms with Crippen LogP contribution in [0.5, 0.6) is 0 Å². The standard InChI is InChI=1S/C10H9ClF2O/c1-2-8(14)6-4-3-5-7(11)9(6)10(12)13/h3-5,10H,2H2,1H3. The fourth-order valence-corrected chi connectivity index (χ4v) is 1.45. The van der Waals surface area contributed by atoms with Gasteiger partial charge in [-0.3, -0.25) is 4.79 Å². The minimum atomic E-state index is -2.71. The van der Waals surface area contributed by atoms with Crippen molar-refractivity contribution in [1.29, 1.82) is 0 Å². The molecule has 0 aromatic heterocycles. The molecule has 0 atom stereocenters. The Bertz CT molecular complexity index is 350. The molecule has 76 valence electrons. The summed E-state index contributed by atoms with van der Waals surface area (Å²) >= 11 is 5.59. The van der Waals surface area contributed by atoms with E-state index in [1.165, 1.54) is 18.2 Å². The number of ketones is 1. The minimum Gasteiger partial charge on any atom is -0.294 e. The first-order valence-electron chi connectivity index (χ1n) is 4.17. The van der Waals surface area contributed by atoms with Crippen LogP contribution in [0, 0.1) is 0 Å². The fourth-order valence-electron chi connectivity index (χ4n) is 1.19. The molecule has 14 heavy (non-hydrogen) atoms. The molecule has 0 aliphatic carbocycles. The minimum absolute atomic E-state index is 0.0231. The van der Waals surface area contributed by atoms with Crippen LogP contribution in [0.1, 0.15) is 35.7 Å². The van der Waals surface area contributed by atoms with Gasteiger partial charge in [0.25, 0.3) is 6.43 Å². The van der Waals surface area contributed by atoms with E-state index in [2.05, 4.69) is 0 Å². The first-order chi connectivity index (χ1) is 6.57. The summed E-state index contributed by atoms with van der Waals surface area (Å²) < 4.78 is 25.1. The van der Waals surface area contributed by atoms with Gasteiger partial charge in [0.05, 0.1) is 5.02 Å². The van der Waals surface area contributed by atoms with Gasteiger partial charge in [0, 0.05) is 17.5 Å².